The Morgan fingerprint density at radius 3 is 2.92 bits per heavy atom. The van der Waals surface area contributed by atoms with Gasteiger partial charge < -0.3 is 15.4 Å². The summed E-state index contributed by atoms with van der Waals surface area (Å²) >= 11 is 0. The van der Waals surface area contributed by atoms with Crippen LogP contribution in [-0.2, 0) is 27.9 Å². The minimum Gasteiger partial charge on any atom is -0.383 e. The highest BCUT2D eigenvalue weighted by Gasteiger charge is 2.29. The summed E-state index contributed by atoms with van der Waals surface area (Å²) in [5.74, 6) is -0.355. The molecule has 0 aliphatic carbocycles. The van der Waals surface area contributed by atoms with Crippen LogP contribution in [0.2, 0.25) is 0 Å². The molecule has 1 aliphatic heterocycles. The Bertz CT molecular complexity index is 560. The van der Waals surface area contributed by atoms with Gasteiger partial charge in [-0.3, -0.25) is 19.2 Å². The molecule has 0 radical (unpaired) electrons. The largest absolute Gasteiger partial charge is 0.383 e. The number of nitrogens with two attached hydrogens (primary N) is 1. The van der Waals surface area contributed by atoms with E-state index < -0.39 is 0 Å². The molecule has 24 heavy (non-hydrogen) atoms. The fraction of sp³-hybridized carbons (Fsp3) is 0.688. The predicted octanol–water partition coefficient (Wildman–Crippen LogP) is -0.408. The fourth-order valence-electron chi connectivity index (χ4n) is 3.12. The maximum absolute atomic E-state index is 12.9. The first-order chi connectivity index (χ1) is 11.5. The maximum atomic E-state index is 12.9. The van der Waals surface area contributed by atoms with Crippen molar-refractivity contribution in [3.05, 3.63) is 18.0 Å². The number of carbonyl (C=O) groups excluding carboxylic acids is 2. The third kappa shape index (κ3) is 5.31. The average Bonchev–Trinajstić information content (AvgIpc) is 2.95. The van der Waals surface area contributed by atoms with Gasteiger partial charge in [-0.05, 0) is 19.4 Å². The Balaban J connectivity index is 2.01. The second kappa shape index (κ2) is 8.79. The summed E-state index contributed by atoms with van der Waals surface area (Å²) < 4.78 is 6.87. The molecule has 1 fully saturated rings. The molecule has 1 saturated heterocycles. The van der Waals surface area contributed by atoms with E-state index in [9.17, 15) is 9.59 Å². The molecule has 0 bridgehead atoms. The van der Waals surface area contributed by atoms with Crippen LogP contribution >= 0.6 is 0 Å². The average molecular weight is 337 g/mol. The van der Waals surface area contributed by atoms with Gasteiger partial charge in [0.1, 0.15) is 0 Å². The van der Waals surface area contributed by atoms with Crippen LogP contribution in [0.15, 0.2) is 12.4 Å². The minimum absolute atomic E-state index is 0.102. The van der Waals surface area contributed by atoms with Crippen molar-refractivity contribution in [2.24, 2.45) is 18.7 Å². The number of hydrogen-bond acceptors (Lipinski definition) is 5. The lowest BCUT2D eigenvalue weighted by Gasteiger charge is -2.34. The Labute approximate surface area is 142 Å². The van der Waals surface area contributed by atoms with Gasteiger partial charge in [0, 0.05) is 45.6 Å². The summed E-state index contributed by atoms with van der Waals surface area (Å²) in [6.07, 6.45) is 5.42. The van der Waals surface area contributed by atoms with E-state index in [0.29, 0.717) is 26.2 Å². The van der Waals surface area contributed by atoms with Crippen molar-refractivity contribution in [3.63, 3.8) is 0 Å². The van der Waals surface area contributed by atoms with E-state index in [1.807, 2.05) is 23.0 Å². The summed E-state index contributed by atoms with van der Waals surface area (Å²) in [5.41, 5.74) is 6.27. The van der Waals surface area contributed by atoms with Gasteiger partial charge in [0.25, 0.3) is 0 Å². The SMILES string of the molecule is COCCN(Cc1cnn(C)c1)C(=O)[C@@H]1CCCN(CC(N)=O)C1. The first-order valence-corrected chi connectivity index (χ1v) is 8.25. The van der Waals surface area contributed by atoms with Crippen LogP contribution in [0, 0.1) is 5.92 Å². The van der Waals surface area contributed by atoms with Crippen molar-refractivity contribution >= 4 is 11.8 Å². The highest BCUT2D eigenvalue weighted by Crippen LogP contribution is 2.20. The summed E-state index contributed by atoms with van der Waals surface area (Å²) in [4.78, 5) is 27.9. The number of ether oxygens (including phenoxy) is 1. The topological polar surface area (TPSA) is 93.7 Å². The zero-order valence-corrected chi connectivity index (χ0v) is 14.5. The number of nitrogens with zero attached hydrogens (tertiary/aromatic N) is 4. The molecule has 1 atom stereocenters. The number of methoxy groups -OCH3 is 1. The van der Waals surface area contributed by atoms with Crippen molar-refractivity contribution in [1.29, 1.82) is 0 Å². The van der Waals surface area contributed by atoms with Crippen molar-refractivity contribution < 1.29 is 14.3 Å². The molecule has 0 spiro atoms. The summed E-state index contributed by atoms with van der Waals surface area (Å²) in [6.45, 7) is 3.15. The maximum Gasteiger partial charge on any atom is 0.231 e. The molecule has 134 valence electrons. The quantitative estimate of drug-likeness (QED) is 0.696. The molecule has 0 saturated carbocycles. The number of primary amides is 1. The van der Waals surface area contributed by atoms with Crippen molar-refractivity contribution in [2.75, 3.05) is 39.9 Å². The van der Waals surface area contributed by atoms with Gasteiger partial charge in [0.15, 0.2) is 0 Å². The molecule has 1 aliphatic rings. The van der Waals surface area contributed by atoms with E-state index in [1.54, 1.807) is 18.0 Å². The van der Waals surface area contributed by atoms with Crippen LogP contribution in [0.5, 0.6) is 0 Å². The van der Waals surface area contributed by atoms with E-state index in [0.717, 1.165) is 24.9 Å². The van der Waals surface area contributed by atoms with E-state index >= 15 is 0 Å². The smallest absolute Gasteiger partial charge is 0.231 e. The number of hydrogen-bond donors (Lipinski definition) is 1. The molecule has 2 N–H and O–H groups in total. The molecular formula is C16H27N5O3. The molecule has 2 rings (SSSR count). The molecular weight excluding hydrogens is 310 g/mol. The van der Waals surface area contributed by atoms with Crippen molar-refractivity contribution in [3.8, 4) is 0 Å². The van der Waals surface area contributed by atoms with Crippen molar-refractivity contribution in [1.82, 2.24) is 19.6 Å². The standard InChI is InChI=1S/C16H27N5O3/c1-19-9-13(8-18-19)10-21(6-7-24-2)16(23)14-4-3-5-20(11-14)12-15(17)22/h8-9,14H,3-7,10-12H2,1-2H3,(H2,17,22)/t14-/m1/s1. The first kappa shape index (κ1) is 18.4. The number of piperidine rings is 1. The van der Waals surface area contributed by atoms with Gasteiger partial charge in [0.2, 0.25) is 11.8 Å². The summed E-state index contributed by atoms with van der Waals surface area (Å²) in [5, 5.41) is 4.15. The van der Waals surface area contributed by atoms with Crippen molar-refractivity contribution in [2.45, 2.75) is 19.4 Å². The van der Waals surface area contributed by atoms with Crippen LogP contribution in [0.4, 0.5) is 0 Å². The third-order valence-electron chi connectivity index (χ3n) is 4.24. The molecule has 0 aromatic carbocycles. The number of aromatic nitrogens is 2. The minimum atomic E-state index is -0.352. The lowest BCUT2D eigenvalue weighted by Crippen LogP contribution is -2.47. The molecule has 8 heteroatoms. The third-order valence-corrected chi connectivity index (χ3v) is 4.24. The van der Waals surface area contributed by atoms with Crippen LogP contribution in [-0.4, -0.2) is 71.3 Å². The Morgan fingerprint density at radius 1 is 1.50 bits per heavy atom. The predicted molar refractivity (Wildman–Crippen MR) is 88.9 cm³/mol. The van der Waals surface area contributed by atoms with Crippen LogP contribution < -0.4 is 5.73 Å². The monoisotopic (exact) mass is 337 g/mol. The van der Waals surface area contributed by atoms with E-state index in [-0.39, 0.29) is 24.3 Å². The fourth-order valence-corrected chi connectivity index (χ4v) is 3.12. The number of rotatable bonds is 8. The molecule has 2 amide bonds. The number of likely N-dealkylation sites (tertiary alicyclic amines) is 1. The van der Waals surface area contributed by atoms with E-state index in [2.05, 4.69) is 5.10 Å². The normalized spacial score (nSPS) is 18.5. The Hall–Kier alpha value is -1.93. The van der Waals surface area contributed by atoms with Crippen LogP contribution in [0.3, 0.4) is 0 Å². The van der Waals surface area contributed by atoms with E-state index in [1.165, 1.54) is 0 Å². The molecule has 1 aromatic rings. The number of carbonyl (C=O) groups is 2. The Kier molecular flexibility index (Phi) is 6.74. The highest BCUT2D eigenvalue weighted by molar-refractivity contribution is 5.79. The zero-order chi connectivity index (χ0) is 17.5. The number of amides is 2. The zero-order valence-electron chi connectivity index (χ0n) is 14.5. The Morgan fingerprint density at radius 2 is 2.29 bits per heavy atom. The molecule has 0 unspecified atom stereocenters. The van der Waals surface area contributed by atoms with Gasteiger partial charge in [-0.25, -0.2) is 0 Å². The lowest BCUT2D eigenvalue weighted by molar-refractivity contribution is -0.139. The van der Waals surface area contributed by atoms with Gasteiger partial charge in [-0.1, -0.05) is 0 Å². The van der Waals surface area contributed by atoms with Gasteiger partial charge >= 0.3 is 0 Å². The molecule has 1 aromatic heterocycles. The molecule has 8 nitrogen and oxygen atoms in total. The van der Waals surface area contributed by atoms with E-state index in [4.69, 9.17) is 10.5 Å². The van der Waals surface area contributed by atoms with Crippen LogP contribution in [0.25, 0.3) is 0 Å². The second-order valence-electron chi connectivity index (χ2n) is 6.32. The first-order valence-electron chi connectivity index (χ1n) is 8.25. The molecule has 2 heterocycles. The summed E-state index contributed by atoms with van der Waals surface area (Å²) in [7, 11) is 3.48. The van der Waals surface area contributed by atoms with Crippen LogP contribution in [0.1, 0.15) is 18.4 Å². The number of aryl methyl sites for hydroxylation is 1. The lowest BCUT2D eigenvalue weighted by atomic mass is 9.96. The van der Waals surface area contributed by atoms with Gasteiger partial charge in [0.05, 0.1) is 25.3 Å². The van der Waals surface area contributed by atoms with Gasteiger partial charge in [-0.15, -0.1) is 0 Å². The summed E-state index contributed by atoms with van der Waals surface area (Å²) in [6, 6.07) is 0. The second-order valence-corrected chi connectivity index (χ2v) is 6.32. The van der Waals surface area contributed by atoms with Gasteiger partial charge in [-0.2, -0.15) is 5.10 Å². The highest BCUT2D eigenvalue weighted by atomic mass is 16.5.